The van der Waals surface area contributed by atoms with Gasteiger partial charge in [-0.1, -0.05) is 29.8 Å². The lowest BCUT2D eigenvalue weighted by molar-refractivity contribution is 0.0701. The number of benzene rings is 2. The predicted molar refractivity (Wildman–Crippen MR) is 137 cm³/mol. The Morgan fingerprint density at radius 2 is 2.00 bits per heavy atom. The molecule has 0 amide bonds. The van der Waals surface area contributed by atoms with Crippen molar-refractivity contribution in [2.24, 2.45) is 0 Å². The monoisotopic (exact) mass is 508 g/mol. The van der Waals surface area contributed by atoms with Gasteiger partial charge in [0.15, 0.2) is 11.5 Å². The number of aromatic nitrogens is 2. The van der Waals surface area contributed by atoms with Crippen LogP contribution >= 0.6 is 22.9 Å². The number of carbonyl (C=O) groups is 1. The standard InChI is InChI=1S/C26H21ClN2O5S/c1-14-21-24(35-22(14)26(31)32)28-23-17(9-10-29(23)25(21)30)11-16-5-8-19(20(12-16)33-2)34-13-15-3-6-18(27)7-4-15/h3-8,11-12H,9-10,13H2,1-2H3,(H,31,32)/b17-11+. The van der Waals surface area contributed by atoms with Crippen LogP contribution in [0.2, 0.25) is 5.02 Å². The SMILES string of the molecule is COc1cc(/C=C2\CCn3c2nc2sc(C(=O)O)c(C)c2c3=O)ccc1OCc1ccc(Cl)cc1. The van der Waals surface area contributed by atoms with Crippen molar-refractivity contribution in [3.8, 4) is 11.5 Å². The number of fused-ring (bicyclic) bond motifs is 2. The van der Waals surface area contributed by atoms with Crippen molar-refractivity contribution in [1.29, 1.82) is 0 Å². The van der Waals surface area contributed by atoms with Gasteiger partial charge < -0.3 is 14.6 Å². The molecule has 1 aliphatic heterocycles. The third kappa shape index (κ3) is 4.31. The van der Waals surface area contributed by atoms with E-state index in [0.29, 0.717) is 57.7 Å². The molecular weight excluding hydrogens is 488 g/mol. The number of carboxylic acids is 1. The molecule has 0 radical (unpaired) electrons. The summed E-state index contributed by atoms with van der Waals surface area (Å²) in [6.45, 7) is 2.54. The van der Waals surface area contributed by atoms with Crippen molar-refractivity contribution < 1.29 is 19.4 Å². The largest absolute Gasteiger partial charge is 0.493 e. The lowest BCUT2D eigenvalue weighted by atomic mass is 10.1. The molecule has 5 rings (SSSR count). The number of hydrogen-bond donors (Lipinski definition) is 1. The summed E-state index contributed by atoms with van der Waals surface area (Å²) in [5.74, 6) is 0.730. The molecule has 9 heteroatoms. The van der Waals surface area contributed by atoms with Gasteiger partial charge in [0.2, 0.25) is 0 Å². The van der Waals surface area contributed by atoms with Crippen LogP contribution in [-0.4, -0.2) is 27.7 Å². The van der Waals surface area contributed by atoms with Gasteiger partial charge in [0.1, 0.15) is 22.1 Å². The summed E-state index contributed by atoms with van der Waals surface area (Å²) < 4.78 is 13.1. The lowest BCUT2D eigenvalue weighted by Gasteiger charge is -2.12. The van der Waals surface area contributed by atoms with Crippen LogP contribution in [0.25, 0.3) is 21.9 Å². The second kappa shape index (κ2) is 9.20. The number of halogens is 1. The number of methoxy groups -OCH3 is 1. The minimum Gasteiger partial charge on any atom is -0.493 e. The lowest BCUT2D eigenvalue weighted by Crippen LogP contribution is -2.20. The van der Waals surface area contributed by atoms with Crippen molar-refractivity contribution in [2.75, 3.05) is 7.11 Å². The van der Waals surface area contributed by atoms with Gasteiger partial charge in [-0.05, 0) is 65.9 Å². The minimum atomic E-state index is -1.05. The van der Waals surface area contributed by atoms with Crippen LogP contribution in [0, 0.1) is 6.92 Å². The van der Waals surface area contributed by atoms with Gasteiger partial charge in [0.25, 0.3) is 5.56 Å². The molecule has 0 fully saturated rings. The summed E-state index contributed by atoms with van der Waals surface area (Å²) in [6.07, 6.45) is 2.63. The molecular formula is C26H21ClN2O5S. The fourth-order valence-electron chi connectivity index (χ4n) is 4.19. The van der Waals surface area contributed by atoms with Gasteiger partial charge in [-0.2, -0.15) is 0 Å². The van der Waals surface area contributed by atoms with Crippen LogP contribution in [0.5, 0.6) is 11.5 Å². The quantitative estimate of drug-likeness (QED) is 0.362. The summed E-state index contributed by atoms with van der Waals surface area (Å²) in [5, 5.41) is 10.5. The van der Waals surface area contributed by atoms with E-state index in [9.17, 15) is 14.7 Å². The Morgan fingerprint density at radius 3 is 2.71 bits per heavy atom. The van der Waals surface area contributed by atoms with Crippen LogP contribution < -0.4 is 15.0 Å². The van der Waals surface area contributed by atoms with E-state index in [0.717, 1.165) is 28.0 Å². The molecule has 2 aromatic heterocycles. The molecule has 7 nitrogen and oxygen atoms in total. The normalized spacial score (nSPS) is 13.9. The molecule has 0 saturated carbocycles. The van der Waals surface area contributed by atoms with Crippen LogP contribution in [0.4, 0.5) is 0 Å². The molecule has 1 aliphatic rings. The van der Waals surface area contributed by atoms with E-state index in [1.807, 2.05) is 48.5 Å². The van der Waals surface area contributed by atoms with E-state index >= 15 is 0 Å². The Morgan fingerprint density at radius 1 is 1.23 bits per heavy atom. The molecule has 1 N–H and O–H groups in total. The van der Waals surface area contributed by atoms with Crippen molar-refractivity contribution in [3.63, 3.8) is 0 Å². The van der Waals surface area contributed by atoms with Crippen LogP contribution in [-0.2, 0) is 13.2 Å². The number of allylic oxidation sites excluding steroid dienone is 1. The van der Waals surface area contributed by atoms with Crippen LogP contribution in [0.15, 0.2) is 47.3 Å². The summed E-state index contributed by atoms with van der Waals surface area (Å²) in [6, 6.07) is 13.1. The molecule has 0 aliphatic carbocycles. The average Bonchev–Trinajstić information content (AvgIpc) is 3.40. The average molecular weight is 509 g/mol. The fraction of sp³-hybridized carbons (Fsp3) is 0.192. The minimum absolute atomic E-state index is 0.151. The highest BCUT2D eigenvalue weighted by atomic mass is 35.5. The number of nitrogens with zero attached hydrogens (tertiary/aromatic N) is 2. The van der Waals surface area contributed by atoms with Gasteiger partial charge in [-0.15, -0.1) is 11.3 Å². The smallest absolute Gasteiger partial charge is 0.346 e. The number of aromatic carboxylic acids is 1. The van der Waals surface area contributed by atoms with Crippen LogP contribution in [0.3, 0.4) is 0 Å². The van der Waals surface area contributed by atoms with E-state index < -0.39 is 5.97 Å². The maximum absolute atomic E-state index is 13.1. The highest BCUT2D eigenvalue weighted by Gasteiger charge is 2.25. The topological polar surface area (TPSA) is 90.7 Å². The molecule has 0 unspecified atom stereocenters. The highest BCUT2D eigenvalue weighted by Crippen LogP contribution is 2.34. The van der Waals surface area contributed by atoms with Crippen LogP contribution in [0.1, 0.15) is 38.6 Å². The first-order chi connectivity index (χ1) is 16.9. The van der Waals surface area contributed by atoms with Crippen molar-refractivity contribution >= 4 is 50.8 Å². The highest BCUT2D eigenvalue weighted by molar-refractivity contribution is 7.20. The number of rotatable bonds is 6. The Labute approximate surface area is 209 Å². The molecule has 3 heterocycles. The third-order valence-corrected chi connectivity index (χ3v) is 7.40. The van der Waals surface area contributed by atoms with E-state index in [2.05, 4.69) is 4.98 Å². The second-order valence-corrected chi connectivity index (χ2v) is 9.61. The Hall–Kier alpha value is -3.62. The maximum Gasteiger partial charge on any atom is 0.346 e. The first-order valence-corrected chi connectivity index (χ1v) is 12.1. The first kappa shape index (κ1) is 23.1. The van der Waals surface area contributed by atoms with Gasteiger partial charge in [-0.3, -0.25) is 9.36 Å². The summed E-state index contributed by atoms with van der Waals surface area (Å²) in [5.41, 5.74) is 3.05. The Kier molecular flexibility index (Phi) is 6.08. The maximum atomic E-state index is 13.1. The van der Waals surface area contributed by atoms with Gasteiger partial charge >= 0.3 is 5.97 Å². The Bertz CT molecular complexity index is 1550. The van der Waals surface area contributed by atoms with E-state index in [4.69, 9.17) is 21.1 Å². The number of carboxylic acid groups (broad SMARTS) is 1. The van der Waals surface area contributed by atoms with Gasteiger partial charge in [-0.25, -0.2) is 9.78 Å². The second-order valence-electron chi connectivity index (χ2n) is 8.18. The zero-order valence-corrected chi connectivity index (χ0v) is 20.6. The van der Waals surface area contributed by atoms with Gasteiger partial charge in [0, 0.05) is 11.6 Å². The molecule has 0 saturated heterocycles. The van der Waals surface area contributed by atoms with Crippen molar-refractivity contribution in [2.45, 2.75) is 26.5 Å². The van der Waals surface area contributed by atoms with E-state index in [1.54, 1.807) is 18.6 Å². The first-order valence-electron chi connectivity index (χ1n) is 10.9. The zero-order valence-electron chi connectivity index (χ0n) is 19.0. The molecule has 35 heavy (non-hydrogen) atoms. The molecule has 4 aromatic rings. The van der Waals surface area contributed by atoms with Crippen molar-refractivity contribution in [1.82, 2.24) is 9.55 Å². The molecule has 0 atom stereocenters. The summed E-state index contributed by atoms with van der Waals surface area (Å²) in [4.78, 5) is 29.9. The molecule has 2 aromatic carbocycles. The molecule has 178 valence electrons. The molecule has 0 bridgehead atoms. The van der Waals surface area contributed by atoms with Gasteiger partial charge in [0.05, 0.1) is 12.5 Å². The Balaban J connectivity index is 1.45. The number of thiophene rings is 1. The third-order valence-electron chi connectivity index (χ3n) is 5.97. The fourth-order valence-corrected chi connectivity index (χ4v) is 5.33. The van der Waals surface area contributed by atoms with Crippen molar-refractivity contribution in [3.05, 3.63) is 85.2 Å². The molecule has 0 spiro atoms. The number of hydrogen-bond acceptors (Lipinski definition) is 6. The number of aryl methyl sites for hydroxylation is 1. The van der Waals surface area contributed by atoms with E-state index in [-0.39, 0.29) is 10.4 Å². The number of ether oxygens (including phenoxy) is 2. The summed E-state index contributed by atoms with van der Waals surface area (Å²) >= 11 is 6.98. The summed E-state index contributed by atoms with van der Waals surface area (Å²) in [7, 11) is 1.59. The van der Waals surface area contributed by atoms with E-state index in [1.165, 1.54) is 0 Å². The predicted octanol–water partition coefficient (Wildman–Crippen LogP) is 5.65. The zero-order chi connectivity index (χ0) is 24.7.